The second-order valence-corrected chi connectivity index (χ2v) is 7.78. The SMILES string of the molecule is NC(=O)c1cccc2c(N[C@H]3CNC[C@@H]3c3ccc(-c4cccnc4)c(F)c3)ncnc12. The maximum atomic E-state index is 14.9. The zero-order valence-corrected chi connectivity index (χ0v) is 17.1. The molecule has 1 aliphatic heterocycles. The summed E-state index contributed by atoms with van der Waals surface area (Å²) in [5, 5.41) is 7.55. The molecule has 0 bridgehead atoms. The highest BCUT2D eigenvalue weighted by Gasteiger charge is 2.30. The summed E-state index contributed by atoms with van der Waals surface area (Å²) in [4.78, 5) is 24.5. The molecule has 0 spiro atoms. The molecule has 0 saturated carbocycles. The Hall–Kier alpha value is -3.91. The number of fused-ring (bicyclic) bond motifs is 1. The summed E-state index contributed by atoms with van der Waals surface area (Å²) in [6.45, 7) is 1.40. The Morgan fingerprint density at radius 3 is 2.81 bits per heavy atom. The third-order valence-corrected chi connectivity index (χ3v) is 5.86. The van der Waals surface area contributed by atoms with Crippen LogP contribution in [0.5, 0.6) is 0 Å². The lowest BCUT2D eigenvalue weighted by Gasteiger charge is -2.22. The van der Waals surface area contributed by atoms with Gasteiger partial charge in [0.1, 0.15) is 18.0 Å². The predicted octanol–water partition coefficient (Wildman–Crippen LogP) is 3.10. The van der Waals surface area contributed by atoms with E-state index in [2.05, 4.69) is 25.6 Å². The molecule has 0 aliphatic carbocycles. The minimum Gasteiger partial charge on any atom is -0.366 e. The van der Waals surface area contributed by atoms with Crippen LogP contribution in [-0.2, 0) is 0 Å². The molecule has 3 heterocycles. The molecular formula is C24H21FN6O. The van der Waals surface area contributed by atoms with Crippen LogP contribution in [0.25, 0.3) is 22.0 Å². The summed E-state index contributed by atoms with van der Waals surface area (Å²) < 4.78 is 14.9. The lowest BCUT2D eigenvalue weighted by molar-refractivity contribution is 0.100. The number of anilines is 1. The van der Waals surface area contributed by atoms with E-state index in [-0.39, 0.29) is 17.8 Å². The number of hydrogen-bond donors (Lipinski definition) is 3. The van der Waals surface area contributed by atoms with Crippen LogP contribution in [0.1, 0.15) is 21.8 Å². The smallest absolute Gasteiger partial charge is 0.250 e. The van der Waals surface area contributed by atoms with E-state index in [1.165, 1.54) is 6.33 Å². The van der Waals surface area contributed by atoms with Gasteiger partial charge < -0.3 is 16.4 Å². The van der Waals surface area contributed by atoms with Crippen molar-refractivity contribution in [3.63, 3.8) is 0 Å². The first kappa shape index (κ1) is 20.0. The molecular weight excluding hydrogens is 407 g/mol. The topological polar surface area (TPSA) is 106 Å². The van der Waals surface area contributed by atoms with E-state index in [1.807, 2.05) is 18.2 Å². The zero-order chi connectivity index (χ0) is 22.1. The number of nitrogens with zero attached hydrogens (tertiary/aromatic N) is 3. The van der Waals surface area contributed by atoms with Crippen LogP contribution in [0.2, 0.25) is 0 Å². The molecule has 7 nitrogen and oxygen atoms in total. The number of primary amides is 1. The molecule has 1 amide bonds. The fourth-order valence-electron chi connectivity index (χ4n) is 4.28. The first-order valence-corrected chi connectivity index (χ1v) is 10.3. The molecule has 1 fully saturated rings. The van der Waals surface area contributed by atoms with Gasteiger partial charge in [-0.15, -0.1) is 0 Å². The largest absolute Gasteiger partial charge is 0.366 e. The van der Waals surface area contributed by atoms with Crippen molar-refractivity contribution in [2.75, 3.05) is 18.4 Å². The number of hydrogen-bond acceptors (Lipinski definition) is 6. The van der Waals surface area contributed by atoms with Crippen molar-refractivity contribution < 1.29 is 9.18 Å². The average Bonchev–Trinajstić information content (AvgIpc) is 3.27. The number of benzene rings is 2. The number of pyridine rings is 1. The maximum absolute atomic E-state index is 14.9. The first-order valence-electron chi connectivity index (χ1n) is 10.3. The number of halogens is 1. The molecule has 4 aromatic rings. The molecule has 0 unspecified atom stereocenters. The lowest BCUT2D eigenvalue weighted by atomic mass is 9.92. The normalized spacial score (nSPS) is 18.0. The third-order valence-electron chi connectivity index (χ3n) is 5.86. The zero-order valence-electron chi connectivity index (χ0n) is 17.1. The second kappa shape index (κ2) is 8.32. The van der Waals surface area contributed by atoms with Gasteiger partial charge in [0.2, 0.25) is 0 Å². The van der Waals surface area contributed by atoms with Crippen LogP contribution >= 0.6 is 0 Å². The molecule has 2 aromatic carbocycles. The van der Waals surface area contributed by atoms with Crippen LogP contribution in [0.3, 0.4) is 0 Å². The van der Waals surface area contributed by atoms with Crippen LogP contribution in [0.15, 0.2) is 67.3 Å². The van der Waals surface area contributed by atoms with Crippen molar-refractivity contribution in [3.8, 4) is 11.1 Å². The van der Waals surface area contributed by atoms with E-state index in [4.69, 9.17) is 5.73 Å². The van der Waals surface area contributed by atoms with E-state index in [1.54, 1.807) is 42.7 Å². The van der Waals surface area contributed by atoms with Crippen molar-refractivity contribution in [2.45, 2.75) is 12.0 Å². The van der Waals surface area contributed by atoms with E-state index >= 15 is 0 Å². The first-order chi connectivity index (χ1) is 15.6. The third kappa shape index (κ3) is 3.65. The number of nitrogens with two attached hydrogens (primary N) is 1. The molecule has 32 heavy (non-hydrogen) atoms. The van der Waals surface area contributed by atoms with Crippen LogP contribution in [-0.4, -0.2) is 40.0 Å². The lowest BCUT2D eigenvalue weighted by Crippen LogP contribution is -2.28. The van der Waals surface area contributed by atoms with Gasteiger partial charge in [-0.1, -0.05) is 24.3 Å². The Labute approximate surface area is 183 Å². The Morgan fingerprint density at radius 1 is 1.12 bits per heavy atom. The Balaban J connectivity index is 1.44. The van der Waals surface area contributed by atoms with Gasteiger partial charge in [-0.3, -0.25) is 9.78 Å². The summed E-state index contributed by atoms with van der Waals surface area (Å²) in [6.07, 6.45) is 4.73. The van der Waals surface area contributed by atoms with Crippen molar-refractivity contribution in [1.29, 1.82) is 0 Å². The van der Waals surface area contributed by atoms with E-state index in [0.717, 1.165) is 11.1 Å². The highest BCUT2D eigenvalue weighted by atomic mass is 19.1. The molecule has 1 saturated heterocycles. The molecule has 5 rings (SSSR count). The monoisotopic (exact) mass is 428 g/mol. The number of aromatic nitrogens is 3. The highest BCUT2D eigenvalue weighted by Crippen LogP contribution is 2.31. The Kier molecular flexibility index (Phi) is 5.20. The van der Waals surface area contributed by atoms with E-state index < -0.39 is 5.91 Å². The number of nitrogens with one attached hydrogen (secondary N) is 2. The van der Waals surface area contributed by atoms with Crippen LogP contribution < -0.4 is 16.4 Å². The van der Waals surface area contributed by atoms with Gasteiger partial charge in [0.15, 0.2) is 0 Å². The Morgan fingerprint density at radius 2 is 2.03 bits per heavy atom. The average molecular weight is 428 g/mol. The van der Waals surface area contributed by atoms with E-state index in [9.17, 15) is 9.18 Å². The van der Waals surface area contributed by atoms with Gasteiger partial charge in [0.25, 0.3) is 5.91 Å². The number of rotatable bonds is 5. The summed E-state index contributed by atoms with van der Waals surface area (Å²) in [7, 11) is 0. The minimum atomic E-state index is -0.537. The highest BCUT2D eigenvalue weighted by molar-refractivity contribution is 6.06. The minimum absolute atomic E-state index is 0.0195. The fourth-order valence-corrected chi connectivity index (χ4v) is 4.28. The number of carbonyl (C=O) groups excluding carboxylic acids is 1. The quantitative estimate of drug-likeness (QED) is 0.451. The summed E-state index contributed by atoms with van der Waals surface area (Å²) >= 11 is 0. The summed E-state index contributed by atoms with van der Waals surface area (Å²) in [5.41, 5.74) is 8.51. The number of carbonyl (C=O) groups is 1. The standard InChI is InChI=1S/C24H21FN6O/c25-20-9-14(6-7-16(20)15-3-2-8-27-10-15)19-11-28-12-21(19)31-24-18-5-1-4-17(23(26)32)22(18)29-13-30-24/h1-10,13,19,21,28H,11-12H2,(H2,26,32)(H,29,30,31)/t19-,21+/m1/s1. The van der Waals surface area contributed by atoms with Gasteiger partial charge >= 0.3 is 0 Å². The van der Waals surface area contributed by atoms with Crippen molar-refractivity contribution in [3.05, 3.63) is 84.2 Å². The van der Waals surface area contributed by atoms with E-state index in [0.29, 0.717) is 40.9 Å². The number of amides is 1. The van der Waals surface area contributed by atoms with Gasteiger partial charge in [0.05, 0.1) is 11.1 Å². The summed E-state index contributed by atoms with van der Waals surface area (Å²) in [5.74, 6) is -0.161. The number of para-hydroxylation sites is 1. The maximum Gasteiger partial charge on any atom is 0.250 e. The van der Waals surface area contributed by atoms with Crippen molar-refractivity contribution in [2.24, 2.45) is 5.73 Å². The molecule has 160 valence electrons. The van der Waals surface area contributed by atoms with Crippen LogP contribution in [0.4, 0.5) is 10.2 Å². The van der Waals surface area contributed by atoms with Crippen molar-refractivity contribution in [1.82, 2.24) is 20.3 Å². The summed E-state index contributed by atoms with van der Waals surface area (Å²) in [6, 6.07) is 14.2. The van der Waals surface area contributed by atoms with Crippen LogP contribution in [0, 0.1) is 5.82 Å². The molecule has 1 aliphatic rings. The van der Waals surface area contributed by atoms with Gasteiger partial charge in [-0.05, 0) is 29.8 Å². The molecule has 4 N–H and O–H groups in total. The second-order valence-electron chi connectivity index (χ2n) is 7.78. The predicted molar refractivity (Wildman–Crippen MR) is 121 cm³/mol. The molecule has 8 heteroatoms. The Bertz CT molecular complexity index is 1300. The van der Waals surface area contributed by atoms with Crippen molar-refractivity contribution >= 4 is 22.6 Å². The fraction of sp³-hybridized carbons (Fsp3) is 0.167. The molecule has 2 aromatic heterocycles. The molecule has 2 atom stereocenters. The molecule has 0 radical (unpaired) electrons. The van der Waals surface area contributed by atoms with Gasteiger partial charge in [-0.2, -0.15) is 0 Å². The van der Waals surface area contributed by atoms with Gasteiger partial charge in [-0.25, -0.2) is 14.4 Å². The van der Waals surface area contributed by atoms with Gasteiger partial charge in [0, 0.05) is 54.0 Å².